The molecule has 2 saturated heterocycles. The summed E-state index contributed by atoms with van der Waals surface area (Å²) >= 11 is 0. The van der Waals surface area contributed by atoms with Gasteiger partial charge in [-0.1, -0.05) is 6.92 Å². The Bertz CT molecular complexity index is 303. The largest absolute Gasteiger partial charge is 0.380 e. The van der Waals surface area contributed by atoms with E-state index in [-0.39, 0.29) is 18.1 Å². The van der Waals surface area contributed by atoms with Crippen molar-refractivity contribution in [3.63, 3.8) is 0 Å². The third-order valence-electron chi connectivity index (χ3n) is 4.57. The zero-order chi connectivity index (χ0) is 14.4. The predicted molar refractivity (Wildman–Crippen MR) is 79.7 cm³/mol. The van der Waals surface area contributed by atoms with Gasteiger partial charge in [0.2, 0.25) is 5.91 Å². The third-order valence-corrected chi connectivity index (χ3v) is 4.57. The minimum Gasteiger partial charge on any atom is -0.380 e. The molecular formula is C15H29N3O2. The molecular weight excluding hydrogens is 254 g/mol. The fraction of sp³-hybridized carbons (Fsp3) is 0.933. The van der Waals surface area contributed by atoms with E-state index in [1.807, 2.05) is 0 Å². The second kappa shape index (κ2) is 7.96. The summed E-state index contributed by atoms with van der Waals surface area (Å²) in [6.45, 7) is 7.43. The molecule has 2 atom stereocenters. The quantitative estimate of drug-likeness (QED) is 0.701. The highest BCUT2D eigenvalue weighted by molar-refractivity contribution is 5.82. The van der Waals surface area contributed by atoms with E-state index >= 15 is 0 Å². The first-order chi connectivity index (χ1) is 9.69. The molecule has 0 saturated carbocycles. The van der Waals surface area contributed by atoms with Crippen LogP contribution in [-0.2, 0) is 9.53 Å². The van der Waals surface area contributed by atoms with E-state index in [1.165, 1.54) is 25.9 Å². The highest BCUT2D eigenvalue weighted by Crippen LogP contribution is 2.15. The lowest BCUT2D eigenvalue weighted by molar-refractivity contribution is -0.122. The van der Waals surface area contributed by atoms with Crippen molar-refractivity contribution in [2.45, 2.75) is 44.8 Å². The second-order valence-electron chi connectivity index (χ2n) is 6.22. The predicted octanol–water partition coefficient (Wildman–Crippen LogP) is 0.602. The second-order valence-corrected chi connectivity index (χ2v) is 6.22. The Hall–Kier alpha value is -0.650. The summed E-state index contributed by atoms with van der Waals surface area (Å²) in [4.78, 5) is 14.5. The molecule has 0 aromatic carbocycles. The average Bonchev–Trinajstić information content (AvgIpc) is 2.94. The fourth-order valence-electron chi connectivity index (χ4n) is 3.01. The van der Waals surface area contributed by atoms with Gasteiger partial charge < -0.3 is 20.3 Å². The van der Waals surface area contributed by atoms with Crippen LogP contribution in [0.1, 0.15) is 32.6 Å². The van der Waals surface area contributed by atoms with Gasteiger partial charge in [0.25, 0.3) is 0 Å². The Morgan fingerprint density at radius 2 is 2.15 bits per heavy atom. The van der Waals surface area contributed by atoms with Crippen LogP contribution in [0.4, 0.5) is 0 Å². The summed E-state index contributed by atoms with van der Waals surface area (Å²) in [5, 5.41) is 6.24. The van der Waals surface area contributed by atoms with Crippen molar-refractivity contribution in [3.05, 3.63) is 0 Å². The van der Waals surface area contributed by atoms with Crippen LogP contribution in [0.5, 0.6) is 0 Å². The number of ether oxygens (including phenoxy) is 1. The highest BCUT2D eigenvalue weighted by atomic mass is 16.5. The molecule has 2 rings (SSSR count). The van der Waals surface area contributed by atoms with Gasteiger partial charge in [-0.05, 0) is 51.2 Å². The van der Waals surface area contributed by atoms with Gasteiger partial charge in [0, 0.05) is 20.2 Å². The molecule has 2 unspecified atom stereocenters. The maximum Gasteiger partial charge on any atom is 0.237 e. The van der Waals surface area contributed by atoms with Crippen molar-refractivity contribution < 1.29 is 9.53 Å². The summed E-state index contributed by atoms with van der Waals surface area (Å²) in [5.41, 5.74) is 0. The molecule has 0 aromatic rings. The number of carbonyl (C=O) groups excluding carboxylic acids is 1. The summed E-state index contributed by atoms with van der Waals surface area (Å²) in [6, 6.07) is -0.0733. The van der Waals surface area contributed by atoms with Crippen molar-refractivity contribution in [3.8, 4) is 0 Å². The molecule has 5 nitrogen and oxygen atoms in total. The smallest absolute Gasteiger partial charge is 0.237 e. The van der Waals surface area contributed by atoms with E-state index in [4.69, 9.17) is 4.74 Å². The lowest BCUT2D eigenvalue weighted by atomic mass is 9.99. The molecule has 0 aliphatic carbocycles. The number of methoxy groups -OCH3 is 1. The fourth-order valence-corrected chi connectivity index (χ4v) is 3.01. The van der Waals surface area contributed by atoms with Crippen molar-refractivity contribution in [2.24, 2.45) is 5.92 Å². The van der Waals surface area contributed by atoms with Gasteiger partial charge in [0.05, 0.1) is 12.1 Å². The molecule has 0 bridgehead atoms. The van der Waals surface area contributed by atoms with Crippen LogP contribution in [0.15, 0.2) is 0 Å². The van der Waals surface area contributed by atoms with E-state index in [1.54, 1.807) is 7.11 Å². The SMILES string of the molecule is COC1CNC(C(=O)NCCCN2CCC(C)CC2)C1. The summed E-state index contributed by atoms with van der Waals surface area (Å²) in [6.07, 6.45) is 4.64. The van der Waals surface area contributed by atoms with E-state index in [0.29, 0.717) is 0 Å². The topological polar surface area (TPSA) is 53.6 Å². The van der Waals surface area contributed by atoms with E-state index in [2.05, 4.69) is 22.5 Å². The minimum absolute atomic E-state index is 0.0733. The zero-order valence-electron chi connectivity index (χ0n) is 12.9. The molecule has 0 spiro atoms. The number of amides is 1. The third kappa shape index (κ3) is 4.72. The molecule has 2 aliphatic rings. The van der Waals surface area contributed by atoms with Crippen LogP contribution in [0.25, 0.3) is 0 Å². The van der Waals surface area contributed by atoms with Crippen molar-refractivity contribution in [1.29, 1.82) is 0 Å². The van der Waals surface area contributed by atoms with Crippen LogP contribution < -0.4 is 10.6 Å². The monoisotopic (exact) mass is 283 g/mol. The Balaban J connectivity index is 1.53. The van der Waals surface area contributed by atoms with Crippen LogP contribution in [0.3, 0.4) is 0 Å². The van der Waals surface area contributed by atoms with Gasteiger partial charge in [-0.2, -0.15) is 0 Å². The molecule has 1 amide bonds. The standard InChI is InChI=1S/C15H29N3O2/c1-12-4-8-18(9-5-12)7-3-6-16-15(19)14-10-13(20-2)11-17-14/h12-14,17H,3-11H2,1-2H3,(H,16,19). The van der Waals surface area contributed by atoms with Gasteiger partial charge in [-0.25, -0.2) is 0 Å². The molecule has 2 aliphatic heterocycles. The molecule has 5 heteroatoms. The minimum atomic E-state index is -0.0733. The summed E-state index contributed by atoms with van der Waals surface area (Å²) in [7, 11) is 1.70. The Labute approximate surface area is 122 Å². The Kier molecular flexibility index (Phi) is 6.26. The number of carbonyl (C=O) groups is 1. The molecule has 0 aromatic heterocycles. The number of rotatable bonds is 6. The number of hydrogen-bond donors (Lipinski definition) is 2. The van der Waals surface area contributed by atoms with Gasteiger partial charge in [-0.3, -0.25) is 4.79 Å². The summed E-state index contributed by atoms with van der Waals surface area (Å²) < 4.78 is 5.26. The maximum absolute atomic E-state index is 12.0. The van der Waals surface area contributed by atoms with E-state index in [0.717, 1.165) is 38.4 Å². The number of piperidine rings is 1. The van der Waals surface area contributed by atoms with Crippen molar-refractivity contribution >= 4 is 5.91 Å². The molecule has 20 heavy (non-hydrogen) atoms. The zero-order valence-corrected chi connectivity index (χ0v) is 12.9. The van der Waals surface area contributed by atoms with E-state index < -0.39 is 0 Å². The van der Waals surface area contributed by atoms with Gasteiger partial charge >= 0.3 is 0 Å². The lowest BCUT2D eigenvalue weighted by Crippen LogP contribution is -2.41. The molecule has 0 radical (unpaired) electrons. The van der Waals surface area contributed by atoms with Gasteiger partial charge in [-0.15, -0.1) is 0 Å². The average molecular weight is 283 g/mol. The molecule has 2 N–H and O–H groups in total. The van der Waals surface area contributed by atoms with Gasteiger partial charge in [0.15, 0.2) is 0 Å². The van der Waals surface area contributed by atoms with Crippen LogP contribution in [0.2, 0.25) is 0 Å². The van der Waals surface area contributed by atoms with Crippen LogP contribution >= 0.6 is 0 Å². The lowest BCUT2D eigenvalue weighted by Gasteiger charge is -2.30. The van der Waals surface area contributed by atoms with Gasteiger partial charge in [0.1, 0.15) is 0 Å². The maximum atomic E-state index is 12.0. The van der Waals surface area contributed by atoms with Crippen molar-refractivity contribution in [1.82, 2.24) is 15.5 Å². The Morgan fingerprint density at radius 3 is 2.80 bits per heavy atom. The van der Waals surface area contributed by atoms with Crippen molar-refractivity contribution in [2.75, 3.05) is 39.8 Å². The van der Waals surface area contributed by atoms with Crippen LogP contribution in [-0.4, -0.2) is 62.8 Å². The molecule has 2 heterocycles. The number of hydrogen-bond acceptors (Lipinski definition) is 4. The highest BCUT2D eigenvalue weighted by Gasteiger charge is 2.28. The van der Waals surface area contributed by atoms with Crippen LogP contribution in [0, 0.1) is 5.92 Å². The summed E-state index contributed by atoms with van der Waals surface area (Å²) in [5.74, 6) is 1.00. The molecule has 116 valence electrons. The molecule has 2 fully saturated rings. The Morgan fingerprint density at radius 1 is 1.40 bits per heavy atom. The first-order valence-corrected chi connectivity index (χ1v) is 7.95. The number of nitrogens with one attached hydrogen (secondary N) is 2. The number of nitrogens with zero attached hydrogens (tertiary/aromatic N) is 1. The first kappa shape index (κ1) is 15.7. The first-order valence-electron chi connectivity index (χ1n) is 7.95. The van der Waals surface area contributed by atoms with E-state index in [9.17, 15) is 4.79 Å². The number of likely N-dealkylation sites (tertiary alicyclic amines) is 1. The normalized spacial score (nSPS) is 28.7.